The van der Waals surface area contributed by atoms with E-state index < -0.39 is 17.2 Å². The largest absolute Gasteiger partial charge is 0.388 e. The van der Waals surface area contributed by atoms with Crippen molar-refractivity contribution in [3.05, 3.63) is 35.4 Å². The summed E-state index contributed by atoms with van der Waals surface area (Å²) in [6, 6.07) is 3.62. The Bertz CT molecular complexity index is 412. The second-order valence-corrected chi connectivity index (χ2v) is 5.11. The second kappa shape index (κ2) is 4.35. The van der Waals surface area contributed by atoms with Gasteiger partial charge in [-0.1, -0.05) is 0 Å². The number of β-amino-alcohol motifs (C(OH)–C–C–N with tert-alkyl or cyclic N) is 1. The van der Waals surface area contributed by atoms with E-state index in [0.717, 1.165) is 18.2 Å². The highest BCUT2D eigenvalue weighted by Gasteiger charge is 2.39. The predicted molar refractivity (Wildman–Crippen MR) is 61.7 cm³/mol. The zero-order chi connectivity index (χ0) is 12.6. The van der Waals surface area contributed by atoms with Gasteiger partial charge in [-0.15, -0.1) is 0 Å². The van der Waals surface area contributed by atoms with E-state index in [0.29, 0.717) is 13.0 Å². The normalized spacial score (nSPS) is 29.8. The minimum Gasteiger partial charge on any atom is -0.388 e. The molecule has 1 aliphatic heterocycles. The van der Waals surface area contributed by atoms with Gasteiger partial charge in [-0.25, -0.2) is 8.78 Å². The van der Waals surface area contributed by atoms with Gasteiger partial charge in [0.1, 0.15) is 11.6 Å². The van der Waals surface area contributed by atoms with Gasteiger partial charge in [0, 0.05) is 19.0 Å². The number of likely N-dealkylation sites (N-methyl/N-ethyl adjacent to an activating group) is 1. The Morgan fingerprint density at radius 3 is 2.76 bits per heavy atom. The first kappa shape index (κ1) is 12.5. The molecule has 0 radical (unpaired) electrons. The molecule has 0 amide bonds. The molecule has 1 N–H and O–H groups in total. The molecule has 2 atom stereocenters. The molecule has 0 spiro atoms. The third-order valence-corrected chi connectivity index (χ3v) is 3.50. The maximum atomic E-state index is 13.5. The smallest absolute Gasteiger partial charge is 0.126 e. The summed E-state index contributed by atoms with van der Waals surface area (Å²) in [5, 5.41) is 10.4. The van der Waals surface area contributed by atoms with Crippen molar-refractivity contribution in [1.29, 1.82) is 0 Å². The van der Waals surface area contributed by atoms with Crippen LogP contribution in [-0.2, 0) is 6.42 Å². The molecular formula is C13H17F2NO. The average Bonchev–Trinajstić information content (AvgIpc) is 2.47. The Morgan fingerprint density at radius 2 is 2.18 bits per heavy atom. The maximum Gasteiger partial charge on any atom is 0.126 e. The van der Waals surface area contributed by atoms with Gasteiger partial charge in [0.2, 0.25) is 0 Å². The highest BCUT2D eigenvalue weighted by molar-refractivity contribution is 5.21. The highest BCUT2D eigenvalue weighted by Crippen LogP contribution is 2.29. The quantitative estimate of drug-likeness (QED) is 0.855. The van der Waals surface area contributed by atoms with E-state index in [9.17, 15) is 13.9 Å². The van der Waals surface area contributed by atoms with Crippen LogP contribution in [0.1, 0.15) is 18.9 Å². The van der Waals surface area contributed by atoms with Gasteiger partial charge in [-0.05, 0) is 44.2 Å². The first-order chi connectivity index (χ1) is 7.89. The molecule has 0 aliphatic carbocycles. The van der Waals surface area contributed by atoms with Gasteiger partial charge in [0.15, 0.2) is 0 Å². The Balaban J connectivity index is 2.18. The summed E-state index contributed by atoms with van der Waals surface area (Å²) in [6.45, 7) is 2.50. The van der Waals surface area contributed by atoms with Crippen LogP contribution in [0.3, 0.4) is 0 Å². The molecule has 94 valence electrons. The van der Waals surface area contributed by atoms with Crippen molar-refractivity contribution in [2.75, 3.05) is 13.6 Å². The number of halogens is 2. The standard InChI is InChI=1S/C13H17F2NO/c1-9-6-13(17,8-16(9)2)7-10-5-11(14)3-4-12(10)15/h3-5,9,17H,6-8H2,1-2H3. The first-order valence-electron chi connectivity index (χ1n) is 5.76. The van der Waals surface area contributed by atoms with Crippen molar-refractivity contribution in [3.63, 3.8) is 0 Å². The molecule has 1 fully saturated rings. The fourth-order valence-electron chi connectivity index (χ4n) is 2.55. The van der Waals surface area contributed by atoms with Crippen LogP contribution in [0.15, 0.2) is 18.2 Å². The lowest BCUT2D eigenvalue weighted by atomic mass is 9.92. The molecule has 17 heavy (non-hydrogen) atoms. The number of benzene rings is 1. The predicted octanol–water partition coefficient (Wildman–Crippen LogP) is 1.96. The number of hydrogen-bond donors (Lipinski definition) is 1. The minimum absolute atomic E-state index is 0.158. The fourth-order valence-corrected chi connectivity index (χ4v) is 2.55. The average molecular weight is 241 g/mol. The van der Waals surface area contributed by atoms with Crippen LogP contribution >= 0.6 is 0 Å². The summed E-state index contributed by atoms with van der Waals surface area (Å²) in [5.74, 6) is -0.925. The van der Waals surface area contributed by atoms with Crippen LogP contribution in [0.25, 0.3) is 0 Å². The summed E-state index contributed by atoms with van der Waals surface area (Å²) >= 11 is 0. The van der Waals surface area contributed by atoms with Crippen LogP contribution in [0.5, 0.6) is 0 Å². The zero-order valence-corrected chi connectivity index (χ0v) is 10.1. The van der Waals surface area contributed by atoms with E-state index in [2.05, 4.69) is 0 Å². The Labute approximate surface area is 99.9 Å². The molecular weight excluding hydrogens is 224 g/mol. The van der Waals surface area contributed by atoms with Crippen LogP contribution in [-0.4, -0.2) is 35.2 Å². The molecule has 1 saturated heterocycles. The topological polar surface area (TPSA) is 23.5 Å². The van der Waals surface area contributed by atoms with Crippen LogP contribution in [0.4, 0.5) is 8.78 Å². The van der Waals surface area contributed by atoms with Crippen LogP contribution in [0.2, 0.25) is 0 Å². The van der Waals surface area contributed by atoms with Crippen molar-refractivity contribution >= 4 is 0 Å². The maximum absolute atomic E-state index is 13.5. The molecule has 2 rings (SSSR count). The monoisotopic (exact) mass is 241 g/mol. The van der Waals surface area contributed by atoms with Crippen molar-refractivity contribution < 1.29 is 13.9 Å². The minimum atomic E-state index is -0.956. The lowest BCUT2D eigenvalue weighted by molar-refractivity contribution is 0.0511. The lowest BCUT2D eigenvalue weighted by Crippen LogP contribution is -2.34. The Morgan fingerprint density at radius 1 is 1.47 bits per heavy atom. The summed E-state index contributed by atoms with van der Waals surface area (Å²) in [7, 11) is 1.92. The van der Waals surface area contributed by atoms with E-state index in [1.807, 2.05) is 18.9 Å². The summed E-state index contributed by atoms with van der Waals surface area (Å²) < 4.78 is 26.5. The van der Waals surface area contributed by atoms with Gasteiger partial charge in [-0.2, -0.15) is 0 Å². The number of hydrogen-bond acceptors (Lipinski definition) is 2. The first-order valence-corrected chi connectivity index (χ1v) is 5.76. The molecule has 1 aliphatic rings. The number of nitrogens with zero attached hydrogens (tertiary/aromatic N) is 1. The van der Waals surface area contributed by atoms with Gasteiger partial charge >= 0.3 is 0 Å². The molecule has 2 unspecified atom stereocenters. The third kappa shape index (κ3) is 2.64. The second-order valence-electron chi connectivity index (χ2n) is 5.11. The SMILES string of the molecule is CC1CC(O)(Cc2cc(F)ccc2F)CN1C. The van der Waals surface area contributed by atoms with E-state index in [1.165, 1.54) is 0 Å². The molecule has 0 aromatic heterocycles. The molecule has 1 aromatic carbocycles. The van der Waals surface area contributed by atoms with Crippen molar-refractivity contribution in [1.82, 2.24) is 4.90 Å². The summed E-state index contributed by atoms with van der Waals surface area (Å²) in [5.41, 5.74) is -0.710. The molecule has 0 bridgehead atoms. The van der Waals surface area contributed by atoms with E-state index >= 15 is 0 Å². The zero-order valence-electron chi connectivity index (χ0n) is 10.1. The fraction of sp³-hybridized carbons (Fsp3) is 0.538. The van der Waals surface area contributed by atoms with Gasteiger partial charge in [-0.3, -0.25) is 0 Å². The molecule has 4 heteroatoms. The molecule has 1 aromatic rings. The number of rotatable bonds is 2. The number of aliphatic hydroxyl groups is 1. The highest BCUT2D eigenvalue weighted by atomic mass is 19.1. The van der Waals surface area contributed by atoms with Gasteiger partial charge in [0.05, 0.1) is 5.60 Å². The number of likely N-dealkylation sites (tertiary alicyclic amines) is 1. The van der Waals surface area contributed by atoms with E-state index in [-0.39, 0.29) is 18.0 Å². The van der Waals surface area contributed by atoms with Gasteiger partial charge < -0.3 is 10.0 Å². The molecule has 2 nitrogen and oxygen atoms in total. The molecule has 1 heterocycles. The van der Waals surface area contributed by atoms with Gasteiger partial charge in [0.25, 0.3) is 0 Å². The van der Waals surface area contributed by atoms with Crippen molar-refractivity contribution in [2.45, 2.75) is 31.4 Å². The Hall–Kier alpha value is -1.00. The Kier molecular flexibility index (Phi) is 3.19. The van der Waals surface area contributed by atoms with E-state index in [1.54, 1.807) is 0 Å². The summed E-state index contributed by atoms with van der Waals surface area (Å²) in [4.78, 5) is 2.03. The van der Waals surface area contributed by atoms with Crippen molar-refractivity contribution in [2.24, 2.45) is 0 Å². The third-order valence-electron chi connectivity index (χ3n) is 3.50. The van der Waals surface area contributed by atoms with Crippen molar-refractivity contribution in [3.8, 4) is 0 Å². The van der Waals surface area contributed by atoms with E-state index in [4.69, 9.17) is 0 Å². The lowest BCUT2D eigenvalue weighted by Gasteiger charge is -2.22. The van der Waals surface area contributed by atoms with Crippen LogP contribution in [0, 0.1) is 11.6 Å². The van der Waals surface area contributed by atoms with Crippen LogP contribution < -0.4 is 0 Å². The summed E-state index contributed by atoms with van der Waals surface area (Å²) in [6.07, 6.45) is 0.741. The molecule has 0 saturated carbocycles.